The number of amides is 3. The van der Waals surface area contributed by atoms with Gasteiger partial charge < -0.3 is 31.5 Å². The van der Waals surface area contributed by atoms with Crippen molar-refractivity contribution >= 4 is 36.5 Å². The molecule has 42 heavy (non-hydrogen) atoms. The van der Waals surface area contributed by atoms with Crippen molar-refractivity contribution in [3.05, 3.63) is 82.0 Å². The van der Waals surface area contributed by atoms with E-state index in [2.05, 4.69) is 22.5 Å². The van der Waals surface area contributed by atoms with Crippen LogP contribution in [0.3, 0.4) is 0 Å². The molecule has 0 heterocycles. The lowest BCUT2D eigenvalue weighted by Gasteiger charge is -2.25. The molecule has 0 aliphatic rings. The number of halogens is 3. The number of carboxylic acid groups (broad SMARTS) is 1. The lowest BCUT2D eigenvalue weighted by molar-refractivity contribution is -0.140. The molecule has 6 N–H and O–H groups in total. The van der Waals surface area contributed by atoms with Gasteiger partial charge in [-0.1, -0.05) is 43.0 Å². The lowest BCUT2D eigenvalue weighted by atomic mass is 10.0. The number of alkyl carbamates (subject to hydrolysis) is 1. The maximum Gasteiger partial charge on any atom is 0.416 e. The lowest BCUT2D eigenvalue weighted by Crippen LogP contribution is -2.55. The molecule has 0 spiro atoms. The number of hydrogen-bond acceptors (Lipinski definition) is 6. The number of allylic oxidation sites excluding steroid dienone is 1. The first kappa shape index (κ1) is 33.4. The molecule has 2 aromatic rings. The minimum Gasteiger partial charge on any atom is -0.481 e. The standard InChI is InChI=1S/C29H33F3N4O6/c1-17-7-5-6-8-19(17)14-21(16-33)34-25(39)22(13-18-9-11-20(12-10-18)29(30,31)32)35-26(40)23(15-24(37)38)36-27(41)42-28(2,3)4/h5-12,14,16,22-23H,1,13,15,33H2,2-4H3,(H,34,39)(H,35,40)(H,36,41)(H,37,38)/b19-14-,21-16+/t22-,23-/m0/s1. The SMILES string of the molecule is C=c1cccc/c1=C/C(=C\N)NC(=O)[C@H](Cc1ccc(C(F)(F)F)cc1)NC(=O)[C@H](CC(=O)O)NC(=O)OC(C)(C)C. The van der Waals surface area contributed by atoms with E-state index in [1.165, 1.54) is 6.08 Å². The van der Waals surface area contributed by atoms with E-state index in [0.717, 1.165) is 30.5 Å². The number of alkyl halides is 3. The zero-order valence-corrected chi connectivity index (χ0v) is 23.2. The van der Waals surface area contributed by atoms with Crippen LogP contribution in [0.4, 0.5) is 18.0 Å². The van der Waals surface area contributed by atoms with Crippen LogP contribution in [0.25, 0.3) is 12.7 Å². The van der Waals surface area contributed by atoms with Crippen molar-refractivity contribution in [1.29, 1.82) is 0 Å². The first-order valence-electron chi connectivity index (χ1n) is 12.6. The zero-order valence-electron chi connectivity index (χ0n) is 23.2. The Morgan fingerprint density at radius 1 is 0.976 bits per heavy atom. The zero-order chi connectivity index (χ0) is 31.7. The number of ether oxygens (including phenoxy) is 1. The number of rotatable bonds is 10. The van der Waals surface area contributed by atoms with E-state index in [0.29, 0.717) is 10.4 Å². The second kappa shape index (κ2) is 14.2. The van der Waals surface area contributed by atoms with Gasteiger partial charge in [0.15, 0.2) is 0 Å². The fourth-order valence-corrected chi connectivity index (χ4v) is 3.58. The van der Waals surface area contributed by atoms with E-state index < -0.39 is 59.7 Å². The number of carbonyl (C=O) groups is 4. The number of carbonyl (C=O) groups excluding carboxylic acids is 3. The second-order valence-electron chi connectivity index (χ2n) is 10.2. The van der Waals surface area contributed by atoms with Crippen LogP contribution >= 0.6 is 0 Å². The number of carboxylic acids is 1. The Balaban J connectivity index is 2.38. The number of aliphatic carboxylic acids is 1. The first-order chi connectivity index (χ1) is 19.5. The van der Waals surface area contributed by atoms with Gasteiger partial charge in [0.1, 0.15) is 17.7 Å². The van der Waals surface area contributed by atoms with Gasteiger partial charge in [-0.15, -0.1) is 0 Å². The molecule has 0 aliphatic heterocycles. The Morgan fingerprint density at radius 2 is 1.60 bits per heavy atom. The van der Waals surface area contributed by atoms with Gasteiger partial charge in [-0.25, -0.2) is 4.79 Å². The monoisotopic (exact) mass is 590 g/mol. The second-order valence-corrected chi connectivity index (χ2v) is 10.2. The molecule has 10 nitrogen and oxygen atoms in total. The van der Waals surface area contributed by atoms with Crippen LogP contribution in [0.5, 0.6) is 0 Å². The Labute approximate surface area is 240 Å². The summed E-state index contributed by atoms with van der Waals surface area (Å²) in [4.78, 5) is 50.1. The largest absolute Gasteiger partial charge is 0.481 e. The quantitative estimate of drug-likeness (QED) is 0.283. The van der Waals surface area contributed by atoms with Crippen molar-refractivity contribution in [2.24, 2.45) is 5.73 Å². The molecule has 0 radical (unpaired) electrons. The summed E-state index contributed by atoms with van der Waals surface area (Å²) >= 11 is 0. The highest BCUT2D eigenvalue weighted by Gasteiger charge is 2.32. The normalized spacial score (nSPS) is 14.0. The van der Waals surface area contributed by atoms with Crippen LogP contribution < -0.4 is 32.1 Å². The highest BCUT2D eigenvalue weighted by Crippen LogP contribution is 2.29. The van der Waals surface area contributed by atoms with Crippen molar-refractivity contribution in [2.45, 2.75) is 57.5 Å². The Morgan fingerprint density at radius 3 is 2.12 bits per heavy atom. The fraction of sp³-hybridized carbons (Fsp3) is 0.310. The van der Waals surface area contributed by atoms with Gasteiger partial charge in [0, 0.05) is 12.6 Å². The summed E-state index contributed by atoms with van der Waals surface area (Å²) in [7, 11) is 0. The van der Waals surface area contributed by atoms with Crippen LogP contribution in [-0.2, 0) is 31.7 Å². The molecule has 0 saturated heterocycles. The van der Waals surface area contributed by atoms with Crippen LogP contribution in [0, 0.1) is 0 Å². The van der Waals surface area contributed by atoms with E-state index in [1.807, 2.05) is 0 Å². The van der Waals surface area contributed by atoms with E-state index in [9.17, 15) is 37.5 Å². The van der Waals surface area contributed by atoms with Gasteiger partial charge >= 0.3 is 18.2 Å². The number of nitrogens with one attached hydrogen (secondary N) is 3. The van der Waals surface area contributed by atoms with Crippen molar-refractivity contribution in [1.82, 2.24) is 16.0 Å². The fourth-order valence-electron chi connectivity index (χ4n) is 3.58. The van der Waals surface area contributed by atoms with Crippen molar-refractivity contribution in [2.75, 3.05) is 0 Å². The van der Waals surface area contributed by atoms with Gasteiger partial charge in [-0.2, -0.15) is 13.2 Å². The van der Waals surface area contributed by atoms with Crippen molar-refractivity contribution in [3.63, 3.8) is 0 Å². The van der Waals surface area contributed by atoms with Gasteiger partial charge in [-0.05, 0) is 55.0 Å². The minimum atomic E-state index is -4.58. The molecule has 2 atom stereocenters. The predicted octanol–water partition coefficient (Wildman–Crippen LogP) is 1.91. The maximum atomic E-state index is 13.3. The summed E-state index contributed by atoms with van der Waals surface area (Å²) in [6, 6.07) is 7.83. The summed E-state index contributed by atoms with van der Waals surface area (Å²) < 4.78 is 44.2. The van der Waals surface area contributed by atoms with Crippen molar-refractivity contribution in [3.8, 4) is 0 Å². The summed E-state index contributed by atoms with van der Waals surface area (Å²) in [5.74, 6) is -3.28. The highest BCUT2D eigenvalue weighted by molar-refractivity contribution is 5.94. The van der Waals surface area contributed by atoms with E-state index in [-0.39, 0.29) is 17.7 Å². The maximum absolute atomic E-state index is 13.3. The molecule has 3 amide bonds. The molecule has 226 valence electrons. The summed E-state index contributed by atoms with van der Waals surface area (Å²) in [6.07, 6.45) is -4.16. The third-order valence-corrected chi connectivity index (χ3v) is 5.55. The average Bonchev–Trinajstić information content (AvgIpc) is 2.87. The highest BCUT2D eigenvalue weighted by atomic mass is 19.4. The third kappa shape index (κ3) is 11.0. The van der Waals surface area contributed by atoms with Crippen LogP contribution in [0.1, 0.15) is 38.3 Å². The van der Waals surface area contributed by atoms with E-state index in [4.69, 9.17) is 10.5 Å². The molecular weight excluding hydrogens is 557 g/mol. The molecule has 0 saturated carbocycles. The Bertz CT molecular complexity index is 1430. The summed E-state index contributed by atoms with van der Waals surface area (Å²) in [5, 5.41) is 17.6. The van der Waals surface area contributed by atoms with Crippen LogP contribution in [0.2, 0.25) is 0 Å². The van der Waals surface area contributed by atoms with Gasteiger partial charge in [0.2, 0.25) is 11.8 Å². The van der Waals surface area contributed by atoms with E-state index in [1.54, 1.807) is 45.0 Å². The van der Waals surface area contributed by atoms with Gasteiger partial charge in [0.25, 0.3) is 0 Å². The topological polar surface area (TPSA) is 160 Å². The Hall–Kier alpha value is -4.81. The molecule has 0 aromatic heterocycles. The number of benzene rings is 2. The molecule has 2 aromatic carbocycles. The minimum absolute atomic E-state index is 0.122. The molecule has 0 aliphatic carbocycles. The summed E-state index contributed by atoms with van der Waals surface area (Å²) in [6.45, 7) is 8.58. The summed E-state index contributed by atoms with van der Waals surface area (Å²) in [5.41, 5.74) is 4.21. The predicted molar refractivity (Wildman–Crippen MR) is 149 cm³/mol. The molecule has 0 fully saturated rings. The van der Waals surface area contributed by atoms with Gasteiger partial charge in [-0.3, -0.25) is 14.4 Å². The third-order valence-electron chi connectivity index (χ3n) is 5.55. The molecule has 13 heteroatoms. The molecule has 0 unspecified atom stereocenters. The van der Waals surface area contributed by atoms with Crippen LogP contribution in [-0.4, -0.2) is 46.7 Å². The molecular formula is C29H33F3N4O6. The Kier molecular flexibility index (Phi) is 11.3. The van der Waals surface area contributed by atoms with Gasteiger partial charge in [0.05, 0.1) is 17.7 Å². The number of nitrogens with two attached hydrogens (primary N) is 1. The molecule has 0 bridgehead atoms. The number of hydrogen-bond donors (Lipinski definition) is 5. The molecule has 2 rings (SSSR count). The smallest absolute Gasteiger partial charge is 0.416 e. The first-order valence-corrected chi connectivity index (χ1v) is 12.6. The van der Waals surface area contributed by atoms with E-state index >= 15 is 0 Å². The van der Waals surface area contributed by atoms with Crippen LogP contribution in [0.15, 0.2) is 60.4 Å². The van der Waals surface area contributed by atoms with Crippen molar-refractivity contribution < 1.29 is 42.2 Å². The average molecular weight is 591 g/mol.